The second kappa shape index (κ2) is 8.05. The van der Waals surface area contributed by atoms with E-state index in [4.69, 9.17) is 4.98 Å². The molecule has 1 amide bonds. The molecule has 1 saturated heterocycles. The number of hydrogen-bond acceptors (Lipinski definition) is 7. The summed E-state index contributed by atoms with van der Waals surface area (Å²) in [4.78, 5) is 36.7. The van der Waals surface area contributed by atoms with Gasteiger partial charge >= 0.3 is 5.69 Å². The third-order valence-corrected chi connectivity index (χ3v) is 7.06. The van der Waals surface area contributed by atoms with E-state index < -0.39 is 6.10 Å². The molecule has 0 unspecified atom stereocenters. The van der Waals surface area contributed by atoms with Crippen molar-refractivity contribution in [2.45, 2.75) is 38.5 Å². The minimum absolute atomic E-state index is 0.0594. The Morgan fingerprint density at radius 3 is 2.80 bits per heavy atom. The lowest BCUT2D eigenvalue weighted by molar-refractivity contribution is -0.140. The van der Waals surface area contributed by atoms with Crippen molar-refractivity contribution >= 4 is 22.6 Å². The lowest BCUT2D eigenvalue weighted by atomic mass is 10.0. The van der Waals surface area contributed by atoms with Gasteiger partial charge in [-0.15, -0.1) is 0 Å². The lowest BCUT2D eigenvalue weighted by Crippen LogP contribution is -2.44. The fraction of sp³-hybridized carbons (Fsp3) is 0.375. The summed E-state index contributed by atoms with van der Waals surface area (Å²) in [6, 6.07) is 5.87. The number of fused-ring (bicyclic) bond motifs is 4. The first-order chi connectivity index (χ1) is 16.9. The van der Waals surface area contributed by atoms with Crippen LogP contribution in [0.5, 0.6) is 0 Å². The van der Waals surface area contributed by atoms with Crippen molar-refractivity contribution in [2.24, 2.45) is 7.05 Å². The third-order valence-electron chi connectivity index (χ3n) is 7.06. The summed E-state index contributed by atoms with van der Waals surface area (Å²) >= 11 is 0. The zero-order valence-electron chi connectivity index (χ0n) is 19.5. The quantitative estimate of drug-likeness (QED) is 0.411. The van der Waals surface area contributed by atoms with E-state index in [1.807, 2.05) is 22.8 Å². The zero-order chi connectivity index (χ0) is 24.3. The minimum Gasteiger partial charge on any atom is -0.384 e. The Hall–Kier alpha value is -3.99. The smallest absolute Gasteiger partial charge is 0.328 e. The Morgan fingerprint density at radius 1 is 1.23 bits per heavy atom. The Labute approximate surface area is 200 Å². The summed E-state index contributed by atoms with van der Waals surface area (Å²) in [6.45, 7) is 3.02. The molecule has 6 rings (SSSR count). The largest absolute Gasteiger partial charge is 0.384 e. The van der Waals surface area contributed by atoms with E-state index in [1.165, 1.54) is 6.92 Å². The Kier molecular flexibility index (Phi) is 4.95. The van der Waals surface area contributed by atoms with E-state index in [-0.39, 0.29) is 17.6 Å². The fourth-order valence-electron chi connectivity index (χ4n) is 5.17. The van der Waals surface area contributed by atoms with Gasteiger partial charge in [0.25, 0.3) is 5.91 Å². The predicted octanol–water partition coefficient (Wildman–Crippen LogP) is 1.66. The SMILES string of the molecule is C[C@H](O)C(=O)N1CCC(n2c3c(n(C)c2=O)CNc2ccc(-c4cnc5[nH]ncc5c4)nc2-3)CC1. The van der Waals surface area contributed by atoms with Crippen molar-refractivity contribution in [3.63, 3.8) is 0 Å². The van der Waals surface area contributed by atoms with Crippen molar-refractivity contribution in [3.8, 4) is 22.6 Å². The molecule has 6 heterocycles. The number of aliphatic hydroxyl groups excluding tert-OH is 1. The van der Waals surface area contributed by atoms with Crippen molar-refractivity contribution in [1.82, 2.24) is 34.2 Å². The molecule has 0 radical (unpaired) electrons. The standard InChI is InChI=1S/C24H26N8O3/c1-13(33)23(34)31-7-5-16(6-8-31)32-21-19(30(2)24(32)35)12-25-18-4-3-17(28-20(18)21)14-9-15-11-27-29-22(15)26-10-14/h3-4,9-11,13,16,25,33H,5-8,12H2,1-2H3,(H,26,27,29)/t13-/m0/s1. The summed E-state index contributed by atoms with van der Waals surface area (Å²) in [5, 5.41) is 20.9. The van der Waals surface area contributed by atoms with Gasteiger partial charge in [-0.3, -0.25) is 19.0 Å². The number of rotatable bonds is 3. The number of aromatic nitrogens is 6. The summed E-state index contributed by atoms with van der Waals surface area (Å²) in [5.41, 5.74) is 5.57. The molecule has 0 aromatic carbocycles. The number of hydrogen-bond donors (Lipinski definition) is 3. The number of carbonyl (C=O) groups is 1. The fourth-order valence-corrected chi connectivity index (χ4v) is 5.17. The van der Waals surface area contributed by atoms with Crippen LogP contribution in [0.1, 0.15) is 31.5 Å². The van der Waals surface area contributed by atoms with E-state index in [2.05, 4.69) is 20.5 Å². The molecule has 35 heavy (non-hydrogen) atoms. The average molecular weight is 475 g/mol. The van der Waals surface area contributed by atoms with Crippen LogP contribution in [0.4, 0.5) is 5.69 Å². The van der Waals surface area contributed by atoms with Gasteiger partial charge in [0.05, 0.1) is 35.5 Å². The highest BCUT2D eigenvalue weighted by molar-refractivity contribution is 5.83. The highest BCUT2D eigenvalue weighted by Crippen LogP contribution is 2.38. The normalized spacial score (nSPS) is 16.6. The number of piperidine rings is 1. The van der Waals surface area contributed by atoms with Crippen molar-refractivity contribution in [2.75, 3.05) is 18.4 Å². The Balaban J connectivity index is 1.41. The molecule has 0 aliphatic carbocycles. The van der Waals surface area contributed by atoms with E-state index in [9.17, 15) is 14.7 Å². The number of nitrogens with zero attached hydrogens (tertiary/aromatic N) is 6. The van der Waals surface area contributed by atoms with Crippen LogP contribution in [-0.2, 0) is 18.4 Å². The van der Waals surface area contributed by atoms with Gasteiger partial charge in [0.1, 0.15) is 11.8 Å². The van der Waals surface area contributed by atoms with Crippen LogP contribution < -0.4 is 11.0 Å². The van der Waals surface area contributed by atoms with Crippen LogP contribution in [0.2, 0.25) is 0 Å². The zero-order valence-corrected chi connectivity index (χ0v) is 19.5. The maximum atomic E-state index is 13.4. The van der Waals surface area contributed by atoms with Gasteiger partial charge in [0.15, 0.2) is 5.65 Å². The molecule has 3 N–H and O–H groups in total. The van der Waals surface area contributed by atoms with Crippen LogP contribution in [0.3, 0.4) is 0 Å². The number of H-pyrrole nitrogens is 1. The molecule has 2 aliphatic heterocycles. The number of anilines is 1. The first-order valence-electron chi connectivity index (χ1n) is 11.7. The molecule has 1 fully saturated rings. The van der Waals surface area contributed by atoms with Crippen LogP contribution in [0.15, 0.2) is 35.4 Å². The summed E-state index contributed by atoms with van der Waals surface area (Å²) in [6.07, 6.45) is 3.75. The van der Waals surface area contributed by atoms with Gasteiger partial charge in [-0.1, -0.05) is 0 Å². The maximum Gasteiger partial charge on any atom is 0.328 e. The van der Waals surface area contributed by atoms with Crippen molar-refractivity contribution in [3.05, 3.63) is 46.8 Å². The highest BCUT2D eigenvalue weighted by atomic mass is 16.3. The van der Waals surface area contributed by atoms with Gasteiger partial charge < -0.3 is 15.3 Å². The van der Waals surface area contributed by atoms with Gasteiger partial charge in [-0.25, -0.2) is 14.8 Å². The molecule has 0 spiro atoms. The van der Waals surface area contributed by atoms with E-state index in [0.29, 0.717) is 38.1 Å². The molecule has 11 nitrogen and oxygen atoms in total. The van der Waals surface area contributed by atoms with Gasteiger partial charge in [-0.05, 0) is 38.0 Å². The number of carbonyl (C=O) groups excluding carboxylic acids is 1. The number of aliphatic hydroxyl groups is 1. The van der Waals surface area contributed by atoms with Crippen LogP contribution in [-0.4, -0.2) is 64.4 Å². The highest BCUT2D eigenvalue weighted by Gasteiger charge is 2.33. The number of pyridine rings is 2. The molecular weight excluding hydrogens is 448 g/mol. The minimum atomic E-state index is -1.02. The van der Waals surface area contributed by atoms with Crippen LogP contribution >= 0.6 is 0 Å². The number of imidazole rings is 1. The number of likely N-dealkylation sites (tertiary alicyclic amines) is 1. The van der Waals surface area contributed by atoms with Crippen molar-refractivity contribution < 1.29 is 9.90 Å². The topological polar surface area (TPSA) is 134 Å². The Morgan fingerprint density at radius 2 is 2.03 bits per heavy atom. The van der Waals surface area contributed by atoms with E-state index in [0.717, 1.165) is 39.4 Å². The van der Waals surface area contributed by atoms with Gasteiger partial charge in [0.2, 0.25) is 0 Å². The second-order valence-corrected chi connectivity index (χ2v) is 9.22. The monoisotopic (exact) mass is 474 g/mol. The van der Waals surface area contributed by atoms with E-state index in [1.54, 1.807) is 28.9 Å². The number of aromatic amines is 1. The Bertz CT molecular complexity index is 1510. The van der Waals surface area contributed by atoms with Crippen molar-refractivity contribution in [1.29, 1.82) is 0 Å². The van der Waals surface area contributed by atoms with Crippen LogP contribution in [0, 0.1) is 0 Å². The third kappa shape index (κ3) is 3.42. The molecule has 0 bridgehead atoms. The van der Waals surface area contributed by atoms with Gasteiger partial charge in [0, 0.05) is 43.3 Å². The molecule has 4 aromatic heterocycles. The molecule has 180 valence electrons. The summed E-state index contributed by atoms with van der Waals surface area (Å²) in [7, 11) is 1.79. The van der Waals surface area contributed by atoms with E-state index >= 15 is 0 Å². The molecular formula is C24H26N8O3. The lowest BCUT2D eigenvalue weighted by Gasteiger charge is -2.34. The van der Waals surface area contributed by atoms with Gasteiger partial charge in [-0.2, -0.15) is 5.10 Å². The first-order valence-corrected chi connectivity index (χ1v) is 11.7. The number of nitrogens with one attached hydrogen (secondary N) is 2. The second-order valence-electron chi connectivity index (χ2n) is 9.22. The molecule has 2 aliphatic rings. The summed E-state index contributed by atoms with van der Waals surface area (Å²) in [5.74, 6) is -0.269. The maximum absolute atomic E-state index is 13.4. The summed E-state index contributed by atoms with van der Waals surface area (Å²) < 4.78 is 3.54. The predicted molar refractivity (Wildman–Crippen MR) is 130 cm³/mol. The first kappa shape index (κ1) is 21.5. The number of amides is 1. The van der Waals surface area contributed by atoms with Crippen LogP contribution in [0.25, 0.3) is 33.7 Å². The molecule has 11 heteroatoms. The average Bonchev–Trinajstić information content (AvgIpc) is 3.45. The molecule has 0 saturated carbocycles. The molecule has 1 atom stereocenters. The molecule has 4 aromatic rings.